The minimum absolute atomic E-state index is 0.693. The quantitative estimate of drug-likeness (QED) is 0.849. The molecule has 0 saturated heterocycles. The Morgan fingerprint density at radius 2 is 1.65 bits per heavy atom. The van der Waals surface area contributed by atoms with E-state index >= 15 is 0 Å². The van der Waals surface area contributed by atoms with Gasteiger partial charge in [-0.05, 0) is 62.7 Å². The molecule has 0 aliphatic heterocycles. The van der Waals surface area contributed by atoms with E-state index in [2.05, 4.69) is 46.2 Å². The number of aryl methyl sites for hydroxylation is 3. The van der Waals surface area contributed by atoms with Gasteiger partial charge in [-0.15, -0.1) is 0 Å². The van der Waals surface area contributed by atoms with Crippen LogP contribution < -0.4 is 5.32 Å². The van der Waals surface area contributed by atoms with Crippen molar-refractivity contribution in [3.8, 4) is 0 Å². The monoisotopic (exact) mass is 288 g/mol. The Labute approximate surface area is 124 Å². The summed E-state index contributed by atoms with van der Waals surface area (Å²) in [7, 11) is 0. The summed E-state index contributed by atoms with van der Waals surface area (Å²) in [5.41, 5.74) is 3.21. The Morgan fingerprint density at radius 1 is 0.950 bits per heavy atom. The second-order valence-electron chi connectivity index (χ2n) is 4.82. The fourth-order valence-electron chi connectivity index (χ4n) is 1.87. The van der Waals surface area contributed by atoms with Crippen molar-refractivity contribution in [2.45, 2.75) is 44.2 Å². The Kier molecular flexibility index (Phi) is 4.95. The van der Waals surface area contributed by atoms with Gasteiger partial charge in [-0.25, -0.2) is 15.0 Å². The lowest BCUT2D eigenvalue weighted by atomic mass is 10.3. The number of aromatic nitrogens is 3. The van der Waals surface area contributed by atoms with Gasteiger partial charge in [0.1, 0.15) is 10.1 Å². The lowest BCUT2D eigenvalue weighted by Gasteiger charge is -2.07. The lowest BCUT2D eigenvalue weighted by molar-refractivity contribution is 0.923. The van der Waals surface area contributed by atoms with Gasteiger partial charge < -0.3 is 5.32 Å². The number of nitrogens with zero attached hydrogens (tertiary/aromatic N) is 3. The fraction of sp³-hybridized carbons (Fsp3) is 0.400. The van der Waals surface area contributed by atoms with Gasteiger partial charge in [0.15, 0.2) is 0 Å². The van der Waals surface area contributed by atoms with Crippen molar-refractivity contribution >= 4 is 17.7 Å². The maximum atomic E-state index is 4.53. The highest BCUT2D eigenvalue weighted by Crippen LogP contribution is 2.26. The molecule has 0 amide bonds. The number of pyridine rings is 1. The Balaban J connectivity index is 2.21. The van der Waals surface area contributed by atoms with Gasteiger partial charge in [-0.3, -0.25) is 0 Å². The van der Waals surface area contributed by atoms with Crippen molar-refractivity contribution in [2.75, 3.05) is 11.9 Å². The molecule has 2 heterocycles. The van der Waals surface area contributed by atoms with Gasteiger partial charge in [0, 0.05) is 17.9 Å². The first-order valence-corrected chi connectivity index (χ1v) is 7.61. The third-order valence-corrected chi connectivity index (χ3v) is 3.48. The van der Waals surface area contributed by atoms with Gasteiger partial charge in [0.25, 0.3) is 0 Å². The number of anilines is 1. The van der Waals surface area contributed by atoms with Crippen LogP contribution in [-0.4, -0.2) is 21.5 Å². The van der Waals surface area contributed by atoms with Crippen molar-refractivity contribution in [1.29, 1.82) is 0 Å². The standard InChI is InChI=1S/C15H20N4S/c1-5-6-16-15-18-12(4)9-14(19-15)20-13-8-10(2)7-11(3)17-13/h7-9H,5-6H2,1-4H3,(H,16,18,19). The van der Waals surface area contributed by atoms with Crippen LogP contribution in [0.4, 0.5) is 5.95 Å². The molecular weight excluding hydrogens is 268 g/mol. The molecule has 5 heteroatoms. The second-order valence-corrected chi connectivity index (χ2v) is 5.86. The highest BCUT2D eigenvalue weighted by molar-refractivity contribution is 7.99. The van der Waals surface area contributed by atoms with Crippen molar-refractivity contribution in [3.05, 3.63) is 35.2 Å². The molecule has 0 aliphatic carbocycles. The summed E-state index contributed by atoms with van der Waals surface area (Å²) in [4.78, 5) is 13.5. The minimum atomic E-state index is 0.693. The molecule has 0 fully saturated rings. The molecule has 1 N–H and O–H groups in total. The fourth-order valence-corrected chi connectivity index (χ4v) is 2.88. The summed E-state index contributed by atoms with van der Waals surface area (Å²) in [5.74, 6) is 0.693. The summed E-state index contributed by atoms with van der Waals surface area (Å²) in [6.45, 7) is 9.08. The van der Waals surface area contributed by atoms with E-state index in [1.165, 1.54) is 5.56 Å². The van der Waals surface area contributed by atoms with E-state index in [0.717, 1.165) is 34.4 Å². The van der Waals surface area contributed by atoms with Crippen molar-refractivity contribution in [3.63, 3.8) is 0 Å². The molecular formula is C15H20N4S. The third kappa shape index (κ3) is 4.20. The summed E-state index contributed by atoms with van der Waals surface area (Å²) < 4.78 is 0. The van der Waals surface area contributed by atoms with E-state index in [9.17, 15) is 0 Å². The van der Waals surface area contributed by atoms with Crippen LogP contribution in [0, 0.1) is 20.8 Å². The molecule has 0 radical (unpaired) electrons. The average molecular weight is 288 g/mol. The van der Waals surface area contributed by atoms with Crippen molar-refractivity contribution < 1.29 is 0 Å². The topological polar surface area (TPSA) is 50.7 Å². The highest BCUT2D eigenvalue weighted by Gasteiger charge is 2.06. The van der Waals surface area contributed by atoms with E-state index in [-0.39, 0.29) is 0 Å². The molecule has 4 nitrogen and oxygen atoms in total. The molecule has 0 unspecified atom stereocenters. The summed E-state index contributed by atoms with van der Waals surface area (Å²) in [5, 5.41) is 5.13. The number of rotatable bonds is 5. The molecule has 20 heavy (non-hydrogen) atoms. The SMILES string of the molecule is CCCNc1nc(C)cc(Sc2cc(C)cc(C)n2)n1. The Bertz CT molecular complexity index is 578. The maximum absolute atomic E-state index is 4.53. The van der Waals surface area contributed by atoms with Crippen LogP contribution in [0.1, 0.15) is 30.3 Å². The van der Waals surface area contributed by atoms with E-state index in [1.54, 1.807) is 11.8 Å². The van der Waals surface area contributed by atoms with Crippen LogP contribution in [-0.2, 0) is 0 Å². The summed E-state index contributed by atoms with van der Waals surface area (Å²) in [6, 6.07) is 6.14. The van der Waals surface area contributed by atoms with E-state index in [4.69, 9.17) is 0 Å². The molecule has 0 aliphatic rings. The van der Waals surface area contributed by atoms with Crippen LogP contribution in [0.25, 0.3) is 0 Å². The number of hydrogen-bond acceptors (Lipinski definition) is 5. The molecule has 2 aromatic rings. The third-order valence-electron chi connectivity index (χ3n) is 2.65. The van der Waals surface area contributed by atoms with Crippen LogP contribution in [0.15, 0.2) is 28.3 Å². The Morgan fingerprint density at radius 3 is 2.35 bits per heavy atom. The zero-order valence-corrected chi connectivity index (χ0v) is 13.2. The van der Waals surface area contributed by atoms with Crippen LogP contribution >= 0.6 is 11.8 Å². The molecule has 0 bridgehead atoms. The molecule has 0 aromatic carbocycles. The molecule has 0 atom stereocenters. The molecule has 2 rings (SSSR count). The average Bonchev–Trinajstić information content (AvgIpc) is 2.34. The normalized spacial score (nSPS) is 10.6. The smallest absolute Gasteiger partial charge is 0.223 e. The second kappa shape index (κ2) is 6.70. The van der Waals surface area contributed by atoms with E-state index < -0.39 is 0 Å². The van der Waals surface area contributed by atoms with Gasteiger partial charge in [-0.2, -0.15) is 0 Å². The summed E-state index contributed by atoms with van der Waals surface area (Å²) in [6.07, 6.45) is 1.05. The molecule has 2 aromatic heterocycles. The van der Waals surface area contributed by atoms with Crippen LogP contribution in [0.5, 0.6) is 0 Å². The first-order chi connectivity index (χ1) is 9.56. The number of hydrogen-bond donors (Lipinski definition) is 1. The first kappa shape index (κ1) is 14.8. The van der Waals surface area contributed by atoms with Gasteiger partial charge in [-0.1, -0.05) is 6.92 Å². The van der Waals surface area contributed by atoms with Crippen molar-refractivity contribution in [1.82, 2.24) is 15.0 Å². The van der Waals surface area contributed by atoms with E-state index in [0.29, 0.717) is 5.95 Å². The van der Waals surface area contributed by atoms with Gasteiger partial charge in [0.05, 0.1) is 0 Å². The number of nitrogens with one attached hydrogen (secondary N) is 1. The Hall–Kier alpha value is -1.62. The zero-order chi connectivity index (χ0) is 14.5. The molecule has 0 saturated carbocycles. The largest absolute Gasteiger partial charge is 0.354 e. The van der Waals surface area contributed by atoms with Crippen LogP contribution in [0.3, 0.4) is 0 Å². The van der Waals surface area contributed by atoms with Gasteiger partial charge >= 0.3 is 0 Å². The highest BCUT2D eigenvalue weighted by atomic mass is 32.2. The molecule has 0 spiro atoms. The van der Waals surface area contributed by atoms with Crippen molar-refractivity contribution in [2.24, 2.45) is 0 Å². The molecule has 106 valence electrons. The van der Waals surface area contributed by atoms with E-state index in [1.807, 2.05) is 19.9 Å². The summed E-state index contributed by atoms with van der Waals surface area (Å²) >= 11 is 1.58. The maximum Gasteiger partial charge on any atom is 0.223 e. The van der Waals surface area contributed by atoms with Gasteiger partial charge in [0.2, 0.25) is 5.95 Å². The minimum Gasteiger partial charge on any atom is -0.354 e. The van der Waals surface area contributed by atoms with Crippen LogP contribution in [0.2, 0.25) is 0 Å². The zero-order valence-electron chi connectivity index (χ0n) is 12.4. The lowest BCUT2D eigenvalue weighted by Crippen LogP contribution is -2.05. The predicted octanol–water partition coefficient (Wildman–Crippen LogP) is 3.77. The first-order valence-electron chi connectivity index (χ1n) is 6.79. The predicted molar refractivity (Wildman–Crippen MR) is 83.4 cm³/mol.